The van der Waals surface area contributed by atoms with E-state index in [0.29, 0.717) is 11.4 Å². The van der Waals surface area contributed by atoms with E-state index in [-0.39, 0.29) is 0 Å². The summed E-state index contributed by atoms with van der Waals surface area (Å²) >= 11 is 0. The van der Waals surface area contributed by atoms with E-state index < -0.39 is 0 Å². The molecule has 0 atom stereocenters. The molecular formula is C36H21N3O. The highest BCUT2D eigenvalue weighted by Gasteiger charge is 2.23. The van der Waals surface area contributed by atoms with Gasteiger partial charge in [-0.25, -0.2) is 4.99 Å². The first-order valence-corrected chi connectivity index (χ1v) is 13.4. The molecule has 0 amide bonds. The number of benzene rings is 5. The van der Waals surface area contributed by atoms with Gasteiger partial charge in [-0.15, -0.1) is 0 Å². The molecule has 5 aromatic carbocycles. The molecule has 0 fully saturated rings. The first kappa shape index (κ1) is 21.5. The van der Waals surface area contributed by atoms with E-state index >= 15 is 0 Å². The third-order valence-electron chi connectivity index (χ3n) is 8.16. The Morgan fingerprint density at radius 1 is 0.675 bits per heavy atom. The second-order valence-electron chi connectivity index (χ2n) is 10.4. The molecule has 1 aliphatic rings. The fourth-order valence-electron chi connectivity index (χ4n) is 6.28. The number of hydrogen-bond acceptors (Lipinski definition) is 3. The fraction of sp³-hybridized carbons (Fsp3) is 0. The van der Waals surface area contributed by atoms with Crippen LogP contribution in [0.3, 0.4) is 0 Å². The molecule has 0 unspecified atom stereocenters. The number of nitrogens with one attached hydrogen (secondary N) is 1. The molecule has 4 heteroatoms. The van der Waals surface area contributed by atoms with Crippen LogP contribution in [0.25, 0.3) is 71.0 Å². The maximum Gasteiger partial charge on any atom is 0.147 e. The number of aliphatic imine (C=N–C) groups is 1. The van der Waals surface area contributed by atoms with Gasteiger partial charge in [0.1, 0.15) is 11.2 Å². The Morgan fingerprint density at radius 3 is 2.40 bits per heavy atom. The molecule has 0 bridgehead atoms. The summed E-state index contributed by atoms with van der Waals surface area (Å²) in [6, 6.07) is 32.4. The van der Waals surface area contributed by atoms with E-state index in [2.05, 4.69) is 89.5 Å². The van der Waals surface area contributed by atoms with E-state index in [1.807, 2.05) is 30.4 Å². The van der Waals surface area contributed by atoms with Crippen molar-refractivity contribution in [1.29, 1.82) is 5.41 Å². The Balaban J connectivity index is 1.38. The van der Waals surface area contributed by atoms with Crippen molar-refractivity contribution in [2.24, 2.45) is 4.99 Å². The first-order chi connectivity index (χ1) is 19.7. The number of aromatic nitrogens is 1. The third kappa shape index (κ3) is 2.90. The molecule has 40 heavy (non-hydrogen) atoms. The molecule has 0 saturated carbocycles. The molecule has 3 heterocycles. The maximum atomic E-state index is 8.39. The van der Waals surface area contributed by atoms with E-state index in [1.165, 1.54) is 32.7 Å². The molecule has 1 N–H and O–H groups in total. The molecule has 0 saturated heterocycles. The van der Waals surface area contributed by atoms with Gasteiger partial charge in [0.2, 0.25) is 0 Å². The highest BCUT2D eigenvalue weighted by atomic mass is 16.3. The minimum atomic E-state index is 0.401. The fourth-order valence-corrected chi connectivity index (χ4v) is 6.28. The lowest BCUT2D eigenvalue weighted by molar-refractivity contribution is 0.673. The van der Waals surface area contributed by atoms with Gasteiger partial charge in [0.25, 0.3) is 0 Å². The first-order valence-electron chi connectivity index (χ1n) is 13.4. The summed E-state index contributed by atoms with van der Waals surface area (Å²) in [6.45, 7) is 0. The van der Waals surface area contributed by atoms with Gasteiger partial charge in [-0.1, -0.05) is 72.8 Å². The van der Waals surface area contributed by atoms with Crippen molar-refractivity contribution >= 4 is 77.0 Å². The SMILES string of the molecule is N=C1C=CC=CC1=Nc1cn2c3ccc(-c4ccc5ccccc5c4)cc3c3cc4c5ccccc5oc4c1c32. The largest absolute Gasteiger partial charge is 0.455 e. The lowest BCUT2D eigenvalue weighted by Crippen LogP contribution is -2.08. The smallest absolute Gasteiger partial charge is 0.147 e. The van der Waals surface area contributed by atoms with Crippen molar-refractivity contribution in [1.82, 2.24) is 4.40 Å². The zero-order valence-corrected chi connectivity index (χ0v) is 21.3. The van der Waals surface area contributed by atoms with Gasteiger partial charge in [-0.3, -0.25) is 5.41 Å². The monoisotopic (exact) mass is 511 g/mol. The Hall–Kier alpha value is -5.48. The van der Waals surface area contributed by atoms with Crippen LogP contribution in [-0.2, 0) is 0 Å². The van der Waals surface area contributed by atoms with Crippen molar-refractivity contribution in [2.75, 3.05) is 0 Å². The predicted molar refractivity (Wildman–Crippen MR) is 167 cm³/mol. The summed E-state index contributed by atoms with van der Waals surface area (Å²) in [7, 11) is 0. The van der Waals surface area contributed by atoms with Gasteiger partial charge >= 0.3 is 0 Å². The van der Waals surface area contributed by atoms with Crippen LogP contribution in [0.1, 0.15) is 0 Å². The van der Waals surface area contributed by atoms with Gasteiger partial charge in [0.15, 0.2) is 0 Å². The van der Waals surface area contributed by atoms with Crippen LogP contribution >= 0.6 is 0 Å². The van der Waals surface area contributed by atoms with Crippen LogP contribution in [0.15, 0.2) is 131 Å². The van der Waals surface area contributed by atoms with E-state index in [9.17, 15) is 0 Å². The van der Waals surface area contributed by atoms with Crippen molar-refractivity contribution in [3.05, 3.63) is 121 Å². The molecular weight excluding hydrogens is 490 g/mol. The molecule has 0 radical (unpaired) electrons. The number of nitrogens with zero attached hydrogens (tertiary/aromatic N) is 2. The average molecular weight is 512 g/mol. The number of hydrogen-bond donors (Lipinski definition) is 1. The Bertz CT molecular complexity index is 2450. The number of para-hydroxylation sites is 1. The molecule has 0 spiro atoms. The molecule has 9 rings (SSSR count). The summed E-state index contributed by atoms with van der Waals surface area (Å²) in [5.74, 6) is 0. The highest BCUT2D eigenvalue weighted by Crippen LogP contribution is 2.46. The van der Waals surface area contributed by atoms with Crippen LogP contribution < -0.4 is 0 Å². The van der Waals surface area contributed by atoms with Crippen LogP contribution in [0.4, 0.5) is 5.69 Å². The molecule has 4 nitrogen and oxygen atoms in total. The maximum absolute atomic E-state index is 8.39. The number of rotatable bonds is 2. The van der Waals surface area contributed by atoms with Gasteiger partial charge < -0.3 is 8.82 Å². The van der Waals surface area contributed by atoms with Crippen LogP contribution in [0.5, 0.6) is 0 Å². The topological polar surface area (TPSA) is 53.8 Å². The minimum absolute atomic E-state index is 0.401. The second-order valence-corrected chi connectivity index (χ2v) is 10.4. The molecule has 1 aliphatic carbocycles. The summed E-state index contributed by atoms with van der Waals surface area (Å²) in [4.78, 5) is 4.98. The van der Waals surface area contributed by atoms with Crippen molar-refractivity contribution < 1.29 is 4.42 Å². The molecule has 3 aromatic heterocycles. The van der Waals surface area contributed by atoms with Crippen molar-refractivity contribution in [2.45, 2.75) is 0 Å². The van der Waals surface area contributed by atoms with Crippen LogP contribution in [-0.4, -0.2) is 15.8 Å². The van der Waals surface area contributed by atoms with E-state index in [4.69, 9.17) is 14.8 Å². The second kappa shape index (κ2) is 7.78. The van der Waals surface area contributed by atoms with Crippen LogP contribution in [0, 0.1) is 5.41 Å². The van der Waals surface area contributed by atoms with E-state index in [0.717, 1.165) is 44.0 Å². The highest BCUT2D eigenvalue weighted by molar-refractivity contribution is 6.50. The average Bonchev–Trinajstić information content (AvgIpc) is 3.65. The standard InChI is InChI=1S/C36H21N3O/c37-29-10-4-5-11-30(29)38-31-20-39-32-16-15-24(23-14-13-21-7-1-2-8-22(21)17-23)18-26(32)27-19-28-25-9-3-6-12-33(25)40-36(28)34(31)35(27)39/h1-20,37H. The van der Waals surface area contributed by atoms with Crippen LogP contribution in [0.2, 0.25) is 0 Å². The lowest BCUT2D eigenvalue weighted by Gasteiger charge is -2.06. The van der Waals surface area contributed by atoms with Crippen molar-refractivity contribution in [3.8, 4) is 11.1 Å². The summed E-state index contributed by atoms with van der Waals surface area (Å²) in [6.07, 6.45) is 9.55. The normalized spacial score (nSPS) is 14.9. The molecule has 186 valence electrons. The third-order valence-corrected chi connectivity index (χ3v) is 8.16. The number of allylic oxidation sites excluding steroid dienone is 4. The predicted octanol–water partition coefficient (Wildman–Crippen LogP) is 9.62. The summed E-state index contributed by atoms with van der Waals surface area (Å²) in [5, 5.41) is 16.4. The van der Waals surface area contributed by atoms with Gasteiger partial charge in [-0.05, 0) is 64.4 Å². The summed E-state index contributed by atoms with van der Waals surface area (Å²) in [5.41, 5.74) is 8.16. The van der Waals surface area contributed by atoms with Gasteiger partial charge in [-0.2, -0.15) is 0 Å². The van der Waals surface area contributed by atoms with E-state index in [1.54, 1.807) is 6.08 Å². The van der Waals surface area contributed by atoms with Gasteiger partial charge in [0.05, 0.1) is 33.5 Å². The van der Waals surface area contributed by atoms with Crippen molar-refractivity contribution in [3.63, 3.8) is 0 Å². The Labute approximate surface area is 228 Å². The minimum Gasteiger partial charge on any atom is -0.455 e. The van der Waals surface area contributed by atoms with Gasteiger partial charge in [0, 0.05) is 27.7 Å². The number of fused-ring (bicyclic) bond motifs is 8. The molecule has 8 aromatic rings. The Kier molecular flexibility index (Phi) is 4.17. The molecule has 0 aliphatic heterocycles. The zero-order valence-electron chi connectivity index (χ0n) is 21.3. The number of furan rings is 1. The Morgan fingerprint density at radius 2 is 1.48 bits per heavy atom. The quantitative estimate of drug-likeness (QED) is 0.231. The zero-order chi connectivity index (χ0) is 26.4. The summed E-state index contributed by atoms with van der Waals surface area (Å²) < 4.78 is 8.72. The lowest BCUT2D eigenvalue weighted by atomic mass is 9.99.